The Morgan fingerprint density at radius 2 is 1.26 bits per heavy atom. The lowest BCUT2D eigenvalue weighted by atomic mass is 10.1. The van der Waals surface area contributed by atoms with Crippen molar-refractivity contribution < 1.29 is 22.8 Å². The number of alkyl halides is 3. The van der Waals surface area contributed by atoms with E-state index in [1.807, 2.05) is 13.0 Å². The number of hydrogen-bond donors (Lipinski definition) is 2. The van der Waals surface area contributed by atoms with Gasteiger partial charge in [0, 0.05) is 37.6 Å². The summed E-state index contributed by atoms with van der Waals surface area (Å²) in [5, 5.41) is 0. The summed E-state index contributed by atoms with van der Waals surface area (Å²) in [5.41, 5.74) is 12.5. The van der Waals surface area contributed by atoms with Crippen molar-refractivity contribution in [3.63, 3.8) is 0 Å². The van der Waals surface area contributed by atoms with Gasteiger partial charge in [0.2, 0.25) is 0 Å². The van der Waals surface area contributed by atoms with Crippen LogP contribution < -0.4 is 11.5 Å². The maximum Gasteiger partial charge on any atom is 0.416 e. The Hall–Kier alpha value is -3.23. The van der Waals surface area contributed by atoms with E-state index in [1.165, 1.54) is 0 Å². The van der Waals surface area contributed by atoms with Gasteiger partial charge in [-0.2, -0.15) is 13.2 Å². The normalized spacial score (nSPS) is 15.4. The number of amides is 2. The number of benzene rings is 2. The van der Waals surface area contributed by atoms with Crippen LogP contribution >= 0.6 is 0 Å². The monoisotopic (exact) mass is 434 g/mol. The van der Waals surface area contributed by atoms with Crippen molar-refractivity contribution in [3.8, 4) is 0 Å². The second-order valence-corrected chi connectivity index (χ2v) is 7.68. The topological polar surface area (TPSA) is 92.7 Å². The van der Waals surface area contributed by atoms with E-state index in [0.29, 0.717) is 50.3 Å². The molecule has 1 aliphatic rings. The highest BCUT2D eigenvalue weighted by molar-refractivity contribution is 6.00. The molecular weight excluding hydrogens is 409 g/mol. The predicted octanol–water partition coefficient (Wildman–Crippen LogP) is 3.56. The highest BCUT2D eigenvalue weighted by Gasteiger charge is 2.32. The Morgan fingerprint density at radius 1 is 0.806 bits per heavy atom. The molecule has 1 aliphatic heterocycles. The fraction of sp³-hybridized carbons (Fsp3) is 0.364. The van der Waals surface area contributed by atoms with E-state index in [1.54, 1.807) is 21.9 Å². The number of aryl methyl sites for hydroxylation is 1. The molecule has 0 radical (unpaired) electrons. The summed E-state index contributed by atoms with van der Waals surface area (Å²) in [5.74, 6) is -0.557. The van der Waals surface area contributed by atoms with Crippen molar-refractivity contribution in [1.82, 2.24) is 9.80 Å². The summed E-state index contributed by atoms with van der Waals surface area (Å²) < 4.78 is 38.5. The Bertz CT molecular complexity index is 981. The van der Waals surface area contributed by atoms with E-state index < -0.39 is 17.6 Å². The van der Waals surface area contributed by atoms with Gasteiger partial charge in [0.05, 0.1) is 16.7 Å². The third-order valence-corrected chi connectivity index (χ3v) is 5.33. The van der Waals surface area contributed by atoms with Gasteiger partial charge in [-0.05, 0) is 55.7 Å². The van der Waals surface area contributed by atoms with Crippen LogP contribution in [0.4, 0.5) is 24.5 Å². The average Bonchev–Trinajstić information content (AvgIpc) is 2.66. The van der Waals surface area contributed by atoms with Crippen LogP contribution in [0.15, 0.2) is 36.4 Å². The summed E-state index contributed by atoms with van der Waals surface area (Å²) in [6.45, 7) is 3.52. The van der Waals surface area contributed by atoms with Gasteiger partial charge in [-0.3, -0.25) is 9.59 Å². The molecule has 1 saturated heterocycles. The molecule has 31 heavy (non-hydrogen) atoms. The lowest BCUT2D eigenvalue weighted by molar-refractivity contribution is -0.137. The first kappa shape index (κ1) is 22.5. The lowest BCUT2D eigenvalue weighted by Crippen LogP contribution is -2.42. The van der Waals surface area contributed by atoms with Crippen LogP contribution in [0.2, 0.25) is 0 Å². The zero-order valence-corrected chi connectivity index (χ0v) is 17.2. The Balaban J connectivity index is 1.66. The fourth-order valence-corrected chi connectivity index (χ4v) is 3.69. The van der Waals surface area contributed by atoms with Crippen LogP contribution in [0.1, 0.15) is 44.7 Å². The van der Waals surface area contributed by atoms with E-state index in [2.05, 4.69) is 0 Å². The van der Waals surface area contributed by atoms with Gasteiger partial charge < -0.3 is 21.3 Å². The molecule has 2 aromatic carbocycles. The smallest absolute Gasteiger partial charge is 0.398 e. The summed E-state index contributed by atoms with van der Waals surface area (Å²) in [4.78, 5) is 29.0. The van der Waals surface area contributed by atoms with Crippen LogP contribution in [0.25, 0.3) is 0 Å². The summed E-state index contributed by atoms with van der Waals surface area (Å²) in [6, 6.07) is 8.07. The van der Waals surface area contributed by atoms with Gasteiger partial charge in [0.1, 0.15) is 0 Å². The van der Waals surface area contributed by atoms with Crippen LogP contribution in [-0.4, -0.2) is 47.8 Å². The lowest BCUT2D eigenvalue weighted by Gasteiger charge is -2.31. The molecule has 2 amide bonds. The third kappa shape index (κ3) is 5.10. The quantitative estimate of drug-likeness (QED) is 0.707. The van der Waals surface area contributed by atoms with Crippen molar-refractivity contribution in [3.05, 3.63) is 58.7 Å². The molecule has 0 saturated carbocycles. The molecule has 0 bridgehead atoms. The molecule has 0 unspecified atom stereocenters. The SMILES string of the molecule is Cc1ccc(C(=O)N2CCCN(C(=O)c3ccc(C(F)(F)F)cc3N)CCC2)c(N)c1. The molecule has 0 aromatic heterocycles. The van der Waals surface area contributed by atoms with Crippen molar-refractivity contribution >= 4 is 23.2 Å². The fourth-order valence-electron chi connectivity index (χ4n) is 3.69. The number of hydrogen-bond acceptors (Lipinski definition) is 4. The molecule has 3 rings (SSSR count). The van der Waals surface area contributed by atoms with E-state index in [4.69, 9.17) is 11.5 Å². The first-order valence-electron chi connectivity index (χ1n) is 9.99. The molecule has 166 valence electrons. The third-order valence-electron chi connectivity index (χ3n) is 5.33. The predicted molar refractivity (Wildman–Crippen MR) is 112 cm³/mol. The molecule has 4 N–H and O–H groups in total. The highest BCUT2D eigenvalue weighted by Crippen LogP contribution is 2.31. The first-order chi connectivity index (χ1) is 14.6. The van der Waals surface area contributed by atoms with Crippen molar-refractivity contribution in [2.45, 2.75) is 25.9 Å². The van der Waals surface area contributed by atoms with E-state index in [9.17, 15) is 22.8 Å². The number of nitrogens with two attached hydrogens (primary N) is 2. The summed E-state index contributed by atoms with van der Waals surface area (Å²) in [7, 11) is 0. The zero-order chi connectivity index (χ0) is 22.8. The van der Waals surface area contributed by atoms with E-state index in [-0.39, 0.29) is 17.2 Å². The van der Waals surface area contributed by atoms with Gasteiger partial charge in [0.25, 0.3) is 11.8 Å². The van der Waals surface area contributed by atoms with Gasteiger partial charge >= 0.3 is 6.18 Å². The maximum atomic E-state index is 12.8. The van der Waals surface area contributed by atoms with Crippen LogP contribution in [0.5, 0.6) is 0 Å². The molecule has 1 heterocycles. The van der Waals surface area contributed by atoms with Gasteiger partial charge in [-0.25, -0.2) is 0 Å². The average molecular weight is 434 g/mol. The minimum atomic E-state index is -4.52. The van der Waals surface area contributed by atoms with Crippen LogP contribution in [0, 0.1) is 6.92 Å². The summed E-state index contributed by atoms with van der Waals surface area (Å²) >= 11 is 0. The van der Waals surface area contributed by atoms with Crippen LogP contribution in [0.3, 0.4) is 0 Å². The minimum absolute atomic E-state index is 0.0499. The minimum Gasteiger partial charge on any atom is -0.398 e. The number of anilines is 2. The van der Waals surface area contributed by atoms with Gasteiger partial charge in [0.15, 0.2) is 0 Å². The van der Waals surface area contributed by atoms with Gasteiger partial charge in [-0.1, -0.05) is 6.07 Å². The Labute approximate surface area is 178 Å². The van der Waals surface area contributed by atoms with Gasteiger partial charge in [-0.15, -0.1) is 0 Å². The van der Waals surface area contributed by atoms with Crippen LogP contribution in [-0.2, 0) is 6.18 Å². The molecule has 0 atom stereocenters. The number of carbonyl (C=O) groups is 2. The number of rotatable bonds is 2. The largest absolute Gasteiger partial charge is 0.416 e. The Morgan fingerprint density at radius 3 is 1.68 bits per heavy atom. The number of halogens is 3. The Kier molecular flexibility index (Phi) is 6.42. The molecular formula is C22H25F3N4O2. The molecule has 9 heteroatoms. The molecule has 2 aromatic rings. The number of carbonyl (C=O) groups excluding carboxylic acids is 2. The molecule has 1 fully saturated rings. The van der Waals surface area contributed by atoms with E-state index >= 15 is 0 Å². The molecule has 0 aliphatic carbocycles. The van der Waals surface area contributed by atoms with Crippen molar-refractivity contribution in [1.29, 1.82) is 0 Å². The second-order valence-electron chi connectivity index (χ2n) is 7.68. The maximum absolute atomic E-state index is 12.8. The zero-order valence-electron chi connectivity index (χ0n) is 17.2. The second kappa shape index (κ2) is 8.87. The van der Waals surface area contributed by atoms with Crippen molar-refractivity contribution in [2.75, 3.05) is 37.6 Å². The van der Waals surface area contributed by atoms with E-state index in [0.717, 1.165) is 23.8 Å². The number of nitrogens with zero attached hydrogens (tertiary/aromatic N) is 2. The summed E-state index contributed by atoms with van der Waals surface area (Å²) in [6.07, 6.45) is -3.46. The molecule has 6 nitrogen and oxygen atoms in total. The first-order valence-corrected chi connectivity index (χ1v) is 9.99. The highest BCUT2D eigenvalue weighted by atomic mass is 19.4. The molecule has 0 spiro atoms. The van der Waals surface area contributed by atoms with Crippen molar-refractivity contribution in [2.24, 2.45) is 0 Å². The standard InChI is InChI=1S/C22H25F3N4O2/c1-14-4-6-16(18(26)12-14)20(30)28-8-2-10-29(11-3-9-28)21(31)17-7-5-15(13-19(17)27)22(23,24)25/h4-7,12-13H,2-3,8-11,26-27H2,1H3. The number of nitrogen functional groups attached to an aromatic ring is 2.